The van der Waals surface area contributed by atoms with Crippen LogP contribution in [0.4, 0.5) is 5.69 Å². The molecule has 1 atom stereocenters. The Hall–Kier alpha value is -2.71. The maximum Gasteiger partial charge on any atom is 0.248 e. The summed E-state index contributed by atoms with van der Waals surface area (Å²) >= 11 is 1.58. The lowest BCUT2D eigenvalue weighted by Gasteiger charge is -2.26. The van der Waals surface area contributed by atoms with Crippen LogP contribution in [0.5, 0.6) is 0 Å². The number of aromatic nitrogens is 2. The molecule has 0 N–H and O–H groups in total. The Balaban J connectivity index is 1.39. The van der Waals surface area contributed by atoms with Crippen LogP contribution in [0.1, 0.15) is 30.7 Å². The van der Waals surface area contributed by atoms with Crippen molar-refractivity contribution in [2.45, 2.75) is 38.3 Å². The molecule has 1 unspecified atom stereocenters. The number of benzene rings is 1. The highest BCUT2D eigenvalue weighted by atomic mass is 32.1. The van der Waals surface area contributed by atoms with Crippen molar-refractivity contribution in [3.8, 4) is 11.5 Å². The summed E-state index contributed by atoms with van der Waals surface area (Å²) in [5.74, 6) is 1.06. The zero-order valence-electron chi connectivity index (χ0n) is 18.0. The van der Waals surface area contributed by atoms with Crippen LogP contribution >= 0.6 is 11.3 Å². The van der Waals surface area contributed by atoms with Crippen molar-refractivity contribution in [1.82, 2.24) is 15.1 Å². The van der Waals surface area contributed by atoms with Crippen molar-refractivity contribution in [3.63, 3.8) is 0 Å². The van der Waals surface area contributed by atoms with E-state index in [1.54, 1.807) is 11.3 Å². The summed E-state index contributed by atoms with van der Waals surface area (Å²) in [4.78, 5) is 17.1. The molecular weight excluding hydrogens is 412 g/mol. The molecule has 2 aromatic heterocycles. The minimum Gasteiger partial charge on any atom is -0.421 e. The number of hydrogen-bond acceptors (Lipinski definition) is 7. The molecule has 1 fully saturated rings. The van der Waals surface area contributed by atoms with E-state index in [2.05, 4.69) is 39.4 Å². The Kier molecular flexibility index (Phi) is 6.99. The van der Waals surface area contributed by atoms with Crippen LogP contribution in [0, 0.1) is 0 Å². The van der Waals surface area contributed by atoms with E-state index < -0.39 is 0 Å². The normalized spacial score (nSPS) is 15.9. The van der Waals surface area contributed by atoms with Crippen molar-refractivity contribution in [2.75, 3.05) is 32.1 Å². The van der Waals surface area contributed by atoms with E-state index in [0.29, 0.717) is 37.7 Å². The topological polar surface area (TPSA) is 71.7 Å². The van der Waals surface area contributed by atoms with Crippen LogP contribution < -0.4 is 4.90 Å². The van der Waals surface area contributed by atoms with Crippen molar-refractivity contribution in [3.05, 3.63) is 52.5 Å². The van der Waals surface area contributed by atoms with Gasteiger partial charge >= 0.3 is 0 Å². The highest BCUT2D eigenvalue weighted by Gasteiger charge is 2.23. The molecule has 4 rings (SSSR count). The van der Waals surface area contributed by atoms with Gasteiger partial charge in [0, 0.05) is 63.3 Å². The Labute approximate surface area is 186 Å². The number of nitrogens with zero attached hydrogens (tertiary/aromatic N) is 4. The van der Waals surface area contributed by atoms with Gasteiger partial charge in [0.2, 0.25) is 17.7 Å². The summed E-state index contributed by atoms with van der Waals surface area (Å²) in [6.07, 6.45) is 2.92. The average Bonchev–Trinajstić information content (AvgIpc) is 3.54. The lowest BCUT2D eigenvalue weighted by Crippen LogP contribution is -2.37. The third-order valence-corrected chi connectivity index (χ3v) is 6.10. The number of carbonyl (C=O) groups excluding carboxylic acids is 1. The first-order valence-corrected chi connectivity index (χ1v) is 11.5. The lowest BCUT2D eigenvalue weighted by atomic mass is 10.1. The smallest absolute Gasteiger partial charge is 0.248 e. The maximum atomic E-state index is 13.1. The quantitative estimate of drug-likeness (QED) is 0.501. The molecular formula is C23H28N4O3S. The molecule has 3 heterocycles. The first-order chi connectivity index (χ1) is 15.1. The number of rotatable bonds is 9. The maximum absolute atomic E-state index is 13.1. The molecule has 1 aliphatic rings. The molecule has 1 aliphatic heterocycles. The second kappa shape index (κ2) is 10.1. The molecule has 8 heteroatoms. The highest BCUT2D eigenvalue weighted by Crippen LogP contribution is 2.22. The van der Waals surface area contributed by atoms with Gasteiger partial charge in [0.15, 0.2) is 0 Å². The number of amides is 1. The monoisotopic (exact) mass is 440 g/mol. The van der Waals surface area contributed by atoms with Crippen LogP contribution in [0.3, 0.4) is 0 Å². The van der Waals surface area contributed by atoms with E-state index in [1.807, 2.05) is 35.8 Å². The van der Waals surface area contributed by atoms with Gasteiger partial charge < -0.3 is 19.0 Å². The predicted molar refractivity (Wildman–Crippen MR) is 121 cm³/mol. The molecule has 1 saturated heterocycles. The molecule has 0 spiro atoms. The molecule has 164 valence electrons. The van der Waals surface area contributed by atoms with Gasteiger partial charge in [-0.25, -0.2) is 0 Å². The zero-order chi connectivity index (χ0) is 21.6. The number of carbonyl (C=O) groups is 1. The van der Waals surface area contributed by atoms with E-state index >= 15 is 0 Å². The Morgan fingerprint density at radius 1 is 1.19 bits per heavy atom. The van der Waals surface area contributed by atoms with Gasteiger partial charge in [-0.2, -0.15) is 11.3 Å². The SMILES string of the molecule is CN(C)c1ccc(CN(CC2CCCO2)C(=O)CCc2nnc(-c3ccsc3)o2)cc1. The number of anilines is 1. The van der Waals surface area contributed by atoms with E-state index in [0.717, 1.165) is 36.3 Å². The van der Waals surface area contributed by atoms with Crippen LogP contribution in [0.15, 0.2) is 45.5 Å². The van der Waals surface area contributed by atoms with Gasteiger partial charge in [-0.15, -0.1) is 10.2 Å². The molecule has 3 aromatic rings. The van der Waals surface area contributed by atoms with E-state index in [1.165, 1.54) is 0 Å². The summed E-state index contributed by atoms with van der Waals surface area (Å²) in [5.41, 5.74) is 3.16. The minimum atomic E-state index is 0.0717. The fraction of sp³-hybridized carbons (Fsp3) is 0.435. The molecule has 7 nitrogen and oxygen atoms in total. The predicted octanol–water partition coefficient (Wildman–Crippen LogP) is 4.00. The summed E-state index contributed by atoms with van der Waals surface area (Å²) in [6, 6.07) is 10.3. The fourth-order valence-electron chi connectivity index (χ4n) is 3.64. The Bertz CT molecular complexity index is 963. The van der Waals surface area contributed by atoms with Gasteiger partial charge in [0.1, 0.15) is 0 Å². The average molecular weight is 441 g/mol. The molecule has 0 aliphatic carbocycles. The third kappa shape index (κ3) is 5.71. The summed E-state index contributed by atoms with van der Waals surface area (Å²) in [5, 5.41) is 12.1. The minimum absolute atomic E-state index is 0.0717. The number of aryl methyl sites for hydroxylation is 1. The molecule has 0 radical (unpaired) electrons. The van der Waals surface area contributed by atoms with Crippen LogP contribution in [-0.4, -0.2) is 54.4 Å². The number of ether oxygens (including phenoxy) is 1. The number of thiophene rings is 1. The van der Waals surface area contributed by atoms with Crippen LogP contribution in [0.25, 0.3) is 11.5 Å². The van der Waals surface area contributed by atoms with Crippen molar-refractivity contribution >= 4 is 22.9 Å². The standard InChI is InChI=1S/C23H28N4O3S/c1-26(2)19-7-5-17(6-8-19)14-27(15-20-4-3-12-29-20)22(28)10-9-21-24-25-23(30-21)18-11-13-31-16-18/h5-8,11,13,16,20H,3-4,9-10,12,14-15H2,1-2H3. The van der Waals surface area contributed by atoms with Gasteiger partial charge in [0.05, 0.1) is 6.10 Å². The molecule has 0 saturated carbocycles. The first-order valence-electron chi connectivity index (χ1n) is 10.6. The first kappa shape index (κ1) is 21.5. The van der Waals surface area contributed by atoms with Crippen LogP contribution in [-0.2, 0) is 22.5 Å². The molecule has 1 amide bonds. The zero-order valence-corrected chi connectivity index (χ0v) is 18.8. The van der Waals surface area contributed by atoms with E-state index in [9.17, 15) is 4.79 Å². The molecule has 1 aromatic carbocycles. The highest BCUT2D eigenvalue weighted by molar-refractivity contribution is 7.08. The van der Waals surface area contributed by atoms with Gasteiger partial charge in [0.25, 0.3) is 0 Å². The van der Waals surface area contributed by atoms with E-state index in [4.69, 9.17) is 9.15 Å². The van der Waals surface area contributed by atoms with Gasteiger partial charge in [-0.05, 0) is 42.0 Å². The van der Waals surface area contributed by atoms with Crippen LogP contribution in [0.2, 0.25) is 0 Å². The lowest BCUT2D eigenvalue weighted by molar-refractivity contribution is -0.133. The second-order valence-corrected chi connectivity index (χ2v) is 8.76. The summed E-state index contributed by atoms with van der Waals surface area (Å²) in [6.45, 7) is 1.95. The van der Waals surface area contributed by atoms with Crippen molar-refractivity contribution in [1.29, 1.82) is 0 Å². The molecule has 31 heavy (non-hydrogen) atoms. The van der Waals surface area contributed by atoms with Crippen molar-refractivity contribution in [2.24, 2.45) is 0 Å². The summed E-state index contributed by atoms with van der Waals surface area (Å²) in [7, 11) is 4.03. The Morgan fingerprint density at radius 3 is 2.71 bits per heavy atom. The number of hydrogen-bond donors (Lipinski definition) is 0. The third-order valence-electron chi connectivity index (χ3n) is 5.41. The fourth-order valence-corrected chi connectivity index (χ4v) is 4.27. The van der Waals surface area contributed by atoms with Gasteiger partial charge in [-0.1, -0.05) is 12.1 Å². The second-order valence-electron chi connectivity index (χ2n) is 7.98. The van der Waals surface area contributed by atoms with Gasteiger partial charge in [-0.3, -0.25) is 4.79 Å². The summed E-state index contributed by atoms with van der Waals surface area (Å²) < 4.78 is 11.5. The largest absolute Gasteiger partial charge is 0.421 e. The van der Waals surface area contributed by atoms with E-state index in [-0.39, 0.29) is 12.0 Å². The van der Waals surface area contributed by atoms with Crippen molar-refractivity contribution < 1.29 is 13.9 Å². The Morgan fingerprint density at radius 2 is 2.03 bits per heavy atom. The molecule has 0 bridgehead atoms.